The number of hydrogen-bond donors (Lipinski definition) is 0. The number of benzene rings is 1. The Morgan fingerprint density at radius 2 is 1.93 bits per heavy atom. The fraction of sp³-hybridized carbons (Fsp3) is 0.533. The molecule has 0 bridgehead atoms. The lowest BCUT2D eigenvalue weighted by Crippen LogP contribution is -2.49. The third-order valence-corrected chi connectivity index (χ3v) is 8.14. The highest BCUT2D eigenvalue weighted by atomic mass is 16.5. The quantitative estimate of drug-likeness (QED) is 0.364. The molecule has 1 aliphatic carbocycles. The zero-order valence-corrected chi connectivity index (χ0v) is 23.9. The van der Waals surface area contributed by atoms with E-state index in [1.165, 1.54) is 30.0 Å². The number of carbonyl (C=O) groups excluding carboxylic acids is 2. The minimum atomic E-state index is -0.299. The molecule has 1 amide bonds. The summed E-state index contributed by atoms with van der Waals surface area (Å²) in [5, 5.41) is 0. The number of methoxy groups -OCH3 is 1. The van der Waals surface area contributed by atoms with Crippen LogP contribution < -0.4 is 14.5 Å². The lowest BCUT2D eigenvalue weighted by atomic mass is 9.88. The van der Waals surface area contributed by atoms with E-state index in [-0.39, 0.29) is 11.9 Å². The molecule has 40 heavy (non-hydrogen) atoms. The Labute approximate surface area is 236 Å². The second kappa shape index (κ2) is 12.2. The molecule has 1 saturated heterocycles. The third-order valence-electron chi connectivity index (χ3n) is 8.14. The molecule has 2 aliphatic heterocycles. The van der Waals surface area contributed by atoms with Crippen LogP contribution in [-0.4, -0.2) is 105 Å². The van der Waals surface area contributed by atoms with Crippen LogP contribution in [0.1, 0.15) is 40.0 Å². The van der Waals surface area contributed by atoms with Crippen LogP contribution in [-0.2, 0) is 28.8 Å². The summed E-state index contributed by atoms with van der Waals surface area (Å²) in [7, 11) is 5.45. The Morgan fingerprint density at radius 3 is 2.65 bits per heavy atom. The van der Waals surface area contributed by atoms with Crippen molar-refractivity contribution in [2.45, 2.75) is 38.1 Å². The fourth-order valence-corrected chi connectivity index (χ4v) is 5.99. The summed E-state index contributed by atoms with van der Waals surface area (Å²) >= 11 is 0. The summed E-state index contributed by atoms with van der Waals surface area (Å²) in [4.78, 5) is 42.7. The van der Waals surface area contributed by atoms with E-state index in [2.05, 4.69) is 27.3 Å². The summed E-state index contributed by atoms with van der Waals surface area (Å²) in [5.41, 5.74) is 5.24. The van der Waals surface area contributed by atoms with E-state index in [4.69, 9.17) is 19.4 Å². The molecule has 10 nitrogen and oxygen atoms in total. The number of esters is 1. The highest BCUT2D eigenvalue weighted by molar-refractivity contribution is 5.90. The van der Waals surface area contributed by atoms with Crippen LogP contribution >= 0.6 is 0 Å². The van der Waals surface area contributed by atoms with Gasteiger partial charge < -0.3 is 29.1 Å². The number of piperazine rings is 1. The number of ether oxygens (including phenoxy) is 2. The monoisotopic (exact) mass is 548 g/mol. The van der Waals surface area contributed by atoms with Crippen LogP contribution in [0.25, 0.3) is 0 Å². The molecule has 1 aromatic carbocycles. The molecule has 3 aliphatic rings. The largest absolute Gasteiger partial charge is 0.465 e. The third kappa shape index (κ3) is 5.91. The van der Waals surface area contributed by atoms with Gasteiger partial charge in [0.15, 0.2) is 0 Å². The summed E-state index contributed by atoms with van der Waals surface area (Å²) in [6.07, 6.45) is 6.07. The van der Waals surface area contributed by atoms with Crippen molar-refractivity contribution in [1.82, 2.24) is 19.8 Å². The second-order valence-electron chi connectivity index (χ2n) is 11.0. The van der Waals surface area contributed by atoms with E-state index in [9.17, 15) is 9.59 Å². The number of aryl methyl sites for hydroxylation is 1. The van der Waals surface area contributed by atoms with E-state index in [0.29, 0.717) is 50.4 Å². The fourth-order valence-electron chi connectivity index (χ4n) is 5.99. The van der Waals surface area contributed by atoms with Crippen LogP contribution in [0.5, 0.6) is 6.01 Å². The number of amides is 1. The first kappa shape index (κ1) is 27.9. The predicted molar refractivity (Wildman–Crippen MR) is 154 cm³/mol. The van der Waals surface area contributed by atoms with Gasteiger partial charge in [0.2, 0.25) is 5.91 Å². The molecule has 0 saturated carbocycles. The lowest BCUT2D eigenvalue weighted by molar-refractivity contribution is -0.126. The molecule has 2 aromatic rings. The molecule has 1 aromatic heterocycles. The molecule has 1 unspecified atom stereocenters. The van der Waals surface area contributed by atoms with Crippen LogP contribution in [0.2, 0.25) is 0 Å². The molecular formula is C30H40N6O4. The van der Waals surface area contributed by atoms with Crippen LogP contribution in [0.15, 0.2) is 30.9 Å². The first-order valence-electron chi connectivity index (χ1n) is 14.2. The second-order valence-corrected chi connectivity index (χ2v) is 11.0. The van der Waals surface area contributed by atoms with Crippen molar-refractivity contribution >= 4 is 23.4 Å². The zero-order valence-electron chi connectivity index (χ0n) is 23.9. The highest BCUT2D eigenvalue weighted by Gasteiger charge is 2.33. The van der Waals surface area contributed by atoms with Crippen molar-refractivity contribution in [1.29, 1.82) is 0 Å². The van der Waals surface area contributed by atoms with Crippen molar-refractivity contribution < 1.29 is 19.1 Å². The summed E-state index contributed by atoms with van der Waals surface area (Å²) in [6, 6.07) is 6.64. The van der Waals surface area contributed by atoms with E-state index in [0.717, 1.165) is 56.7 Å². The number of hydrogen-bond acceptors (Lipinski definition) is 9. The molecular weight excluding hydrogens is 508 g/mol. The molecule has 0 N–H and O–H groups in total. The minimum Gasteiger partial charge on any atom is -0.465 e. The number of fused-ring (bicyclic) bond motifs is 2. The number of rotatable bonds is 8. The Kier molecular flexibility index (Phi) is 8.54. The average molecular weight is 549 g/mol. The maximum Gasteiger partial charge on any atom is 0.337 e. The molecule has 0 radical (unpaired) electrons. The number of anilines is 2. The van der Waals surface area contributed by atoms with Gasteiger partial charge >= 0.3 is 12.0 Å². The summed E-state index contributed by atoms with van der Waals surface area (Å²) in [6.45, 7) is 8.61. The van der Waals surface area contributed by atoms with Gasteiger partial charge in [0.05, 0.1) is 18.4 Å². The molecule has 1 fully saturated rings. The van der Waals surface area contributed by atoms with Crippen molar-refractivity contribution in [2.75, 3.05) is 76.9 Å². The average Bonchev–Trinajstić information content (AvgIpc) is 2.98. The molecule has 1 atom stereocenters. The van der Waals surface area contributed by atoms with E-state index in [1.54, 1.807) is 0 Å². The van der Waals surface area contributed by atoms with Crippen molar-refractivity contribution in [3.8, 4) is 6.01 Å². The standard InChI is InChI=1S/C30H40N6O4/c1-5-27(37)34-13-15-35(16-14-34)28-24-10-9-23(20-25(24)31-30(32-28)40-18-17-33(2)3)36-12-6-7-21-19-22(29(38)39-4)8-11-26(21)36/h5,8,11,19,23H,1,6-7,9-10,12-18,20H2,2-4H3. The highest BCUT2D eigenvalue weighted by Crippen LogP contribution is 2.36. The van der Waals surface area contributed by atoms with E-state index >= 15 is 0 Å². The van der Waals surface area contributed by atoms with Gasteiger partial charge in [-0.3, -0.25) is 4.79 Å². The number of aromatic nitrogens is 2. The van der Waals surface area contributed by atoms with Gasteiger partial charge in [-0.1, -0.05) is 6.58 Å². The molecule has 5 rings (SSSR count). The van der Waals surface area contributed by atoms with Gasteiger partial charge in [-0.2, -0.15) is 9.97 Å². The first-order chi connectivity index (χ1) is 19.4. The minimum absolute atomic E-state index is 0.0274. The van der Waals surface area contributed by atoms with Gasteiger partial charge in [-0.15, -0.1) is 0 Å². The summed E-state index contributed by atoms with van der Waals surface area (Å²) in [5.74, 6) is 0.614. The molecule has 10 heteroatoms. The molecule has 214 valence electrons. The smallest absolute Gasteiger partial charge is 0.337 e. The van der Waals surface area contributed by atoms with E-state index in [1.807, 2.05) is 31.1 Å². The van der Waals surface area contributed by atoms with Crippen LogP contribution in [0.4, 0.5) is 11.5 Å². The zero-order chi connectivity index (χ0) is 28.2. The van der Waals surface area contributed by atoms with Crippen molar-refractivity contribution in [2.24, 2.45) is 0 Å². The maximum absolute atomic E-state index is 12.1. The van der Waals surface area contributed by atoms with Gasteiger partial charge in [0.1, 0.15) is 12.4 Å². The first-order valence-corrected chi connectivity index (χ1v) is 14.2. The topological polar surface area (TPSA) is 91.3 Å². The normalized spacial score (nSPS) is 18.7. The van der Waals surface area contributed by atoms with Gasteiger partial charge in [-0.25, -0.2) is 4.79 Å². The lowest BCUT2D eigenvalue weighted by Gasteiger charge is -2.41. The molecule has 3 heterocycles. The Morgan fingerprint density at radius 1 is 1.12 bits per heavy atom. The molecule has 0 spiro atoms. The predicted octanol–water partition coefficient (Wildman–Crippen LogP) is 2.35. The number of likely N-dealkylation sites (N-methyl/N-ethyl adjacent to an activating group) is 1. The Balaban J connectivity index is 1.40. The maximum atomic E-state index is 12.1. The van der Waals surface area contributed by atoms with E-state index < -0.39 is 0 Å². The van der Waals surface area contributed by atoms with Crippen LogP contribution in [0.3, 0.4) is 0 Å². The van der Waals surface area contributed by atoms with Crippen LogP contribution in [0, 0.1) is 0 Å². The van der Waals surface area contributed by atoms with Crippen molar-refractivity contribution in [3.05, 3.63) is 53.2 Å². The van der Waals surface area contributed by atoms with Gasteiger partial charge in [0, 0.05) is 63.0 Å². The van der Waals surface area contributed by atoms with Gasteiger partial charge in [0.25, 0.3) is 0 Å². The summed E-state index contributed by atoms with van der Waals surface area (Å²) < 4.78 is 11.0. The number of nitrogens with zero attached hydrogens (tertiary/aromatic N) is 6. The van der Waals surface area contributed by atoms with Gasteiger partial charge in [-0.05, 0) is 69.6 Å². The number of carbonyl (C=O) groups is 2. The van der Waals surface area contributed by atoms with Crippen molar-refractivity contribution in [3.63, 3.8) is 0 Å². The Bertz CT molecular complexity index is 1260. The Hall–Kier alpha value is -3.66. The SMILES string of the molecule is C=CC(=O)N1CCN(c2nc(OCCN(C)C)nc3c2CCC(N2CCCc4cc(C(=O)OC)ccc42)C3)CC1.